The van der Waals surface area contributed by atoms with Crippen LogP contribution in [-0.2, 0) is 11.0 Å². The molecule has 1 rings (SSSR count). The second-order valence-electron chi connectivity index (χ2n) is 1.89. The first kappa shape index (κ1) is 10.3. The highest BCUT2D eigenvalue weighted by molar-refractivity contribution is 7.66. The molecule has 0 saturated carbocycles. The van der Waals surface area contributed by atoms with Crippen LogP contribution in [0.15, 0.2) is 30.3 Å². The lowest BCUT2D eigenvalue weighted by Gasteiger charge is -1.82. The van der Waals surface area contributed by atoms with Gasteiger partial charge < -0.3 is 0 Å². The van der Waals surface area contributed by atoms with E-state index >= 15 is 0 Å². The van der Waals surface area contributed by atoms with Crippen LogP contribution in [-0.4, -0.2) is 23.2 Å². The van der Waals surface area contributed by atoms with Crippen LogP contribution in [0.3, 0.4) is 0 Å². The minimum absolute atomic E-state index is 1.17. The Morgan fingerprint density at radius 3 is 1.73 bits per heavy atom. The summed E-state index contributed by atoms with van der Waals surface area (Å²) in [5.41, 5.74) is 0. The van der Waals surface area contributed by atoms with E-state index in [1.54, 1.807) is 0 Å². The molecule has 0 bridgehead atoms. The maximum Gasteiger partial charge on any atom is 0.254 e. The highest BCUT2D eigenvalue weighted by Crippen LogP contribution is 1.76. The van der Waals surface area contributed by atoms with Crippen molar-refractivity contribution < 1.29 is 13.0 Å². The smallest absolute Gasteiger partial charge is 0.254 e. The van der Waals surface area contributed by atoms with E-state index in [9.17, 15) is 0 Å². The Hall–Kier alpha value is -0.653. The minimum atomic E-state index is -3.12. The number of hydrogen-bond acceptors (Lipinski definition) is 2. The molecule has 1 aromatic carbocycles. The van der Waals surface area contributed by atoms with Gasteiger partial charge in [-0.25, -0.2) is 8.42 Å². The average Bonchev–Trinajstić information content (AvgIpc) is 1.87. The summed E-state index contributed by atoms with van der Waals surface area (Å²) in [4.78, 5) is 0. The Kier molecular flexibility index (Phi) is 5.72. The summed E-state index contributed by atoms with van der Waals surface area (Å²) >= 11 is 0. The van der Waals surface area contributed by atoms with Gasteiger partial charge in [0.1, 0.15) is 0 Å². The van der Waals surface area contributed by atoms with Crippen molar-refractivity contribution in [2.75, 3.05) is 0 Å². The second kappa shape index (κ2) is 6.08. The van der Waals surface area contributed by atoms with Gasteiger partial charge in [-0.2, -0.15) is 0 Å². The van der Waals surface area contributed by atoms with Gasteiger partial charge in [0, 0.05) is 10.2 Å². The standard InChI is InChI=1S/C6H8Si.H2O3S/c7-6-4-2-1-3-5-6;1-4(2)3/h1-5H,7H3;4H,(H,1,2,3). The minimum Gasteiger partial charge on any atom is -0.288 e. The van der Waals surface area contributed by atoms with Crippen LogP contribution in [0.2, 0.25) is 0 Å². The summed E-state index contributed by atoms with van der Waals surface area (Å²) in [7, 11) is -1.95. The van der Waals surface area contributed by atoms with Gasteiger partial charge in [-0.05, 0) is 0 Å². The van der Waals surface area contributed by atoms with Gasteiger partial charge in [-0.3, -0.25) is 4.55 Å². The van der Waals surface area contributed by atoms with Crippen molar-refractivity contribution in [1.29, 1.82) is 0 Å². The van der Waals surface area contributed by atoms with Gasteiger partial charge in [0.25, 0.3) is 11.0 Å². The molecule has 3 nitrogen and oxygen atoms in total. The molecule has 1 N–H and O–H groups in total. The zero-order chi connectivity index (χ0) is 8.69. The third-order valence-electron chi connectivity index (χ3n) is 0.940. The lowest BCUT2D eigenvalue weighted by Crippen LogP contribution is -1.97. The van der Waals surface area contributed by atoms with Crippen LogP contribution < -0.4 is 5.19 Å². The lowest BCUT2D eigenvalue weighted by atomic mass is 10.4. The Bertz CT molecular complexity index is 250. The molecular weight excluding hydrogens is 180 g/mol. The SMILES string of the molecule is O=[SH](=O)O.[SiH3]c1ccccc1. The maximum atomic E-state index is 8.59. The van der Waals surface area contributed by atoms with E-state index in [4.69, 9.17) is 13.0 Å². The third-order valence-corrected chi connectivity index (χ3v) is 1.61. The Labute approximate surface area is 70.3 Å². The molecule has 1 aromatic rings. The largest absolute Gasteiger partial charge is 0.288 e. The van der Waals surface area contributed by atoms with Gasteiger partial charge in [0.15, 0.2) is 0 Å². The van der Waals surface area contributed by atoms with Crippen molar-refractivity contribution in [3.8, 4) is 0 Å². The van der Waals surface area contributed by atoms with E-state index in [1.807, 2.05) is 6.07 Å². The van der Waals surface area contributed by atoms with Crippen molar-refractivity contribution in [3.63, 3.8) is 0 Å². The lowest BCUT2D eigenvalue weighted by molar-refractivity contribution is 0.509. The van der Waals surface area contributed by atoms with Crippen LogP contribution >= 0.6 is 0 Å². The molecule has 0 unspecified atom stereocenters. The molecule has 0 fully saturated rings. The molecule has 0 atom stereocenters. The first-order valence-electron chi connectivity index (χ1n) is 2.98. The molecule has 0 radical (unpaired) electrons. The van der Waals surface area contributed by atoms with Gasteiger partial charge >= 0.3 is 0 Å². The highest BCUT2D eigenvalue weighted by Gasteiger charge is 1.72. The average molecular weight is 190 g/mol. The van der Waals surface area contributed by atoms with Crippen LogP contribution in [0.4, 0.5) is 0 Å². The molecule has 0 aliphatic heterocycles. The van der Waals surface area contributed by atoms with Crippen molar-refractivity contribution in [2.24, 2.45) is 0 Å². The maximum absolute atomic E-state index is 8.59. The van der Waals surface area contributed by atoms with Crippen LogP contribution in [0.1, 0.15) is 0 Å². The fourth-order valence-electron chi connectivity index (χ4n) is 0.534. The second-order valence-corrected chi connectivity index (χ2v) is 3.52. The van der Waals surface area contributed by atoms with E-state index in [0.29, 0.717) is 0 Å². The van der Waals surface area contributed by atoms with Crippen molar-refractivity contribution >= 4 is 26.4 Å². The molecular formula is C6H10O3SSi. The quantitative estimate of drug-likeness (QED) is 0.305. The molecule has 5 heteroatoms. The van der Waals surface area contributed by atoms with E-state index in [1.165, 1.54) is 15.4 Å². The zero-order valence-electron chi connectivity index (χ0n) is 6.10. The summed E-state index contributed by atoms with van der Waals surface area (Å²) in [5.74, 6) is 0. The highest BCUT2D eigenvalue weighted by atomic mass is 32.2. The van der Waals surface area contributed by atoms with Gasteiger partial charge in [-0.1, -0.05) is 35.5 Å². The Morgan fingerprint density at radius 2 is 1.55 bits per heavy atom. The number of thiol groups is 1. The van der Waals surface area contributed by atoms with Gasteiger partial charge in [0.2, 0.25) is 0 Å². The molecule has 11 heavy (non-hydrogen) atoms. The molecule has 0 aromatic heterocycles. The molecule has 0 heterocycles. The van der Waals surface area contributed by atoms with Crippen molar-refractivity contribution in [3.05, 3.63) is 30.3 Å². The number of hydrogen-bond donors (Lipinski definition) is 2. The summed E-state index contributed by atoms with van der Waals surface area (Å²) in [6.07, 6.45) is 0. The monoisotopic (exact) mass is 190 g/mol. The van der Waals surface area contributed by atoms with Crippen LogP contribution in [0, 0.1) is 0 Å². The normalized spacial score (nSPS) is 8.91. The van der Waals surface area contributed by atoms with Gasteiger partial charge in [-0.15, -0.1) is 0 Å². The summed E-state index contributed by atoms with van der Waals surface area (Å²) < 4.78 is 24.2. The fourth-order valence-corrected chi connectivity index (χ4v) is 0.919. The predicted octanol–water partition coefficient (Wildman–Crippen LogP) is -1.25. The summed E-state index contributed by atoms with van der Waals surface area (Å²) in [6.45, 7) is 0. The molecule has 62 valence electrons. The predicted molar refractivity (Wildman–Crippen MR) is 49.0 cm³/mol. The first-order chi connectivity index (χ1) is 5.13. The summed E-state index contributed by atoms with van der Waals surface area (Å²) in [5, 5.41) is 1.46. The number of benzene rings is 1. The van der Waals surface area contributed by atoms with E-state index in [2.05, 4.69) is 24.3 Å². The Morgan fingerprint density at radius 1 is 1.18 bits per heavy atom. The summed E-state index contributed by atoms with van der Waals surface area (Å²) in [6, 6.07) is 10.5. The van der Waals surface area contributed by atoms with Crippen LogP contribution in [0.25, 0.3) is 0 Å². The third kappa shape index (κ3) is 9.35. The van der Waals surface area contributed by atoms with Crippen molar-refractivity contribution in [1.82, 2.24) is 0 Å². The van der Waals surface area contributed by atoms with E-state index in [0.717, 1.165) is 0 Å². The van der Waals surface area contributed by atoms with E-state index < -0.39 is 11.0 Å². The molecule has 0 spiro atoms. The number of rotatable bonds is 0. The fraction of sp³-hybridized carbons (Fsp3) is 0. The van der Waals surface area contributed by atoms with E-state index in [-0.39, 0.29) is 0 Å². The zero-order valence-corrected chi connectivity index (χ0v) is 8.99. The molecule has 0 amide bonds. The van der Waals surface area contributed by atoms with Crippen molar-refractivity contribution in [2.45, 2.75) is 0 Å². The van der Waals surface area contributed by atoms with Gasteiger partial charge in [0.05, 0.1) is 0 Å². The van der Waals surface area contributed by atoms with Crippen LogP contribution in [0.5, 0.6) is 0 Å². The Balaban J connectivity index is 0.000000218. The molecule has 0 saturated heterocycles. The molecule has 0 aliphatic carbocycles. The first-order valence-corrected chi connectivity index (χ1v) is 5.11. The topological polar surface area (TPSA) is 54.4 Å². The molecule has 0 aliphatic rings.